The van der Waals surface area contributed by atoms with Gasteiger partial charge in [0.25, 0.3) is 0 Å². The van der Waals surface area contributed by atoms with Crippen molar-refractivity contribution in [3.63, 3.8) is 0 Å². The SMILES string of the molecule is COc1ccc(CN(CC2(O)CCC3C45C=CC6(C=C4C(=O)c4ccccc4-c4ccccc4)CC(O)CCC6(C)C5CCC32C)C(=O)Nc2ccccc2)c(OC)c1. The van der Waals surface area contributed by atoms with Crippen LogP contribution in [-0.4, -0.2) is 59.4 Å². The van der Waals surface area contributed by atoms with E-state index in [1.807, 2.05) is 91.0 Å². The minimum absolute atomic E-state index is 0.0236. The van der Waals surface area contributed by atoms with Crippen molar-refractivity contribution in [2.75, 3.05) is 26.1 Å². The zero-order valence-electron chi connectivity index (χ0n) is 34.6. The lowest BCUT2D eigenvalue weighted by Crippen LogP contribution is -2.67. The van der Waals surface area contributed by atoms with Crippen molar-refractivity contribution in [3.05, 3.63) is 138 Å². The lowest BCUT2D eigenvalue weighted by Gasteiger charge is -2.71. The number of fused-ring (bicyclic) bond motifs is 1. The van der Waals surface area contributed by atoms with Gasteiger partial charge in [-0.1, -0.05) is 105 Å². The number of allylic oxidation sites excluding steroid dienone is 4. The maximum Gasteiger partial charge on any atom is 0.322 e. The molecule has 3 saturated carbocycles. The van der Waals surface area contributed by atoms with Gasteiger partial charge in [-0.15, -0.1) is 0 Å². The van der Waals surface area contributed by atoms with Crippen LogP contribution in [-0.2, 0) is 6.54 Å². The van der Waals surface area contributed by atoms with Crippen molar-refractivity contribution in [1.82, 2.24) is 4.90 Å². The van der Waals surface area contributed by atoms with E-state index in [9.17, 15) is 15.0 Å². The number of Topliss-reactive ketones (excluding diaryl/α,β-unsaturated/α-hetero) is 1. The Labute approximate surface area is 347 Å². The van der Waals surface area contributed by atoms with Crippen LogP contribution in [0.15, 0.2) is 127 Å². The summed E-state index contributed by atoms with van der Waals surface area (Å²) in [5, 5.41) is 27.7. The summed E-state index contributed by atoms with van der Waals surface area (Å²) < 4.78 is 11.3. The molecule has 8 atom stereocenters. The number of urea groups is 1. The normalized spacial score (nSPS) is 32.6. The molecular weight excluding hydrogens is 737 g/mol. The average Bonchev–Trinajstić information content (AvgIpc) is 3.53. The number of ketones is 1. The summed E-state index contributed by atoms with van der Waals surface area (Å²) in [4.78, 5) is 31.7. The number of carbonyl (C=O) groups is 2. The van der Waals surface area contributed by atoms with Crippen molar-refractivity contribution in [2.24, 2.45) is 33.5 Å². The third kappa shape index (κ3) is 6.00. The fourth-order valence-corrected chi connectivity index (χ4v) is 12.7. The van der Waals surface area contributed by atoms with E-state index in [-0.39, 0.29) is 42.2 Å². The number of aliphatic hydroxyl groups excluding tert-OH is 1. The van der Waals surface area contributed by atoms with E-state index in [1.54, 1.807) is 19.1 Å². The van der Waals surface area contributed by atoms with Gasteiger partial charge in [-0.25, -0.2) is 4.79 Å². The maximum atomic E-state index is 15.6. The Bertz CT molecular complexity index is 2330. The van der Waals surface area contributed by atoms with Crippen LogP contribution in [0.3, 0.4) is 0 Å². The smallest absolute Gasteiger partial charge is 0.322 e. The van der Waals surface area contributed by atoms with Gasteiger partial charge >= 0.3 is 6.03 Å². The molecule has 10 rings (SSSR count). The first-order valence-electron chi connectivity index (χ1n) is 21.3. The molecule has 306 valence electrons. The standard InChI is InChI=1S/C51H56N2O6/c1-47-24-21-37(54)30-49(47)27-28-51(41(31-49)45(55)40-18-12-11-17-39(40)34-13-7-5-8-14-34)43(47)22-25-48(2)44(51)23-26-50(48,57)33-53(46(56)52-36-15-9-6-10-16-36)32-35-19-20-38(58-3)29-42(35)59-4/h5-20,27-29,31,37,43-44,54,57H,21-26,30,32-33H2,1-4H3,(H,52,56). The van der Waals surface area contributed by atoms with Crippen molar-refractivity contribution in [1.29, 1.82) is 0 Å². The van der Waals surface area contributed by atoms with Gasteiger partial charge in [0.05, 0.1) is 39.0 Å². The topological polar surface area (TPSA) is 108 Å². The molecule has 0 radical (unpaired) electrons. The maximum absolute atomic E-state index is 15.6. The quantitative estimate of drug-likeness (QED) is 0.109. The number of hydrogen-bond donors (Lipinski definition) is 3. The molecule has 0 aromatic heterocycles. The minimum atomic E-state index is -1.27. The Morgan fingerprint density at radius 3 is 2.22 bits per heavy atom. The number of carbonyl (C=O) groups excluding carboxylic acids is 2. The Kier molecular flexibility index (Phi) is 9.67. The van der Waals surface area contributed by atoms with Crippen LogP contribution in [0.2, 0.25) is 0 Å². The molecule has 0 aliphatic heterocycles. The van der Waals surface area contributed by atoms with Gasteiger partial charge in [0, 0.05) is 44.7 Å². The van der Waals surface area contributed by atoms with Gasteiger partial charge in [0.1, 0.15) is 11.5 Å². The zero-order valence-corrected chi connectivity index (χ0v) is 34.6. The van der Waals surface area contributed by atoms with E-state index in [2.05, 4.69) is 49.5 Å². The first-order chi connectivity index (χ1) is 28.4. The van der Waals surface area contributed by atoms with Gasteiger partial charge in [0.2, 0.25) is 0 Å². The Balaban J connectivity index is 1.13. The number of benzene rings is 4. The van der Waals surface area contributed by atoms with Gasteiger partial charge in [0.15, 0.2) is 5.78 Å². The molecule has 2 bridgehead atoms. The fourth-order valence-electron chi connectivity index (χ4n) is 12.7. The van der Waals surface area contributed by atoms with Crippen LogP contribution in [0, 0.1) is 33.5 Å². The number of amides is 2. The van der Waals surface area contributed by atoms with Gasteiger partial charge < -0.3 is 29.9 Å². The summed E-state index contributed by atoms with van der Waals surface area (Å²) in [5.74, 6) is 1.33. The Morgan fingerprint density at radius 2 is 1.47 bits per heavy atom. The molecule has 3 fully saturated rings. The molecule has 2 spiro atoms. The number of hydrogen-bond acceptors (Lipinski definition) is 6. The average molecular weight is 793 g/mol. The van der Waals surface area contributed by atoms with Crippen LogP contribution in [0.25, 0.3) is 11.1 Å². The van der Waals surface area contributed by atoms with Gasteiger partial charge in [-0.05, 0) is 97.6 Å². The number of nitrogens with zero attached hydrogens (tertiary/aromatic N) is 1. The van der Waals surface area contributed by atoms with E-state index < -0.39 is 27.9 Å². The van der Waals surface area contributed by atoms with E-state index in [0.717, 1.165) is 47.9 Å². The first kappa shape index (κ1) is 39.3. The molecular formula is C51H56N2O6. The number of nitrogens with one attached hydrogen (secondary N) is 1. The molecule has 6 aliphatic carbocycles. The number of rotatable bonds is 10. The van der Waals surface area contributed by atoms with Crippen LogP contribution >= 0.6 is 0 Å². The molecule has 4 aromatic carbocycles. The molecule has 2 amide bonds. The number of ether oxygens (including phenoxy) is 2. The van der Waals surface area contributed by atoms with Crippen LogP contribution in [0.5, 0.6) is 11.5 Å². The summed E-state index contributed by atoms with van der Waals surface area (Å²) in [6, 6.07) is 32.7. The van der Waals surface area contributed by atoms with Crippen molar-refractivity contribution in [2.45, 2.75) is 77.0 Å². The summed E-state index contributed by atoms with van der Waals surface area (Å²) in [6.07, 6.45) is 11.5. The van der Waals surface area contributed by atoms with Crippen LogP contribution in [0.1, 0.15) is 74.7 Å². The number of anilines is 1. The van der Waals surface area contributed by atoms with E-state index in [1.165, 1.54) is 0 Å². The zero-order chi connectivity index (χ0) is 41.2. The predicted octanol–water partition coefficient (Wildman–Crippen LogP) is 9.88. The highest BCUT2D eigenvalue weighted by Crippen LogP contribution is 2.78. The summed E-state index contributed by atoms with van der Waals surface area (Å²) in [7, 11) is 3.21. The Hall–Kier alpha value is -5.18. The second kappa shape index (κ2) is 14.5. The molecule has 4 aromatic rings. The minimum Gasteiger partial charge on any atom is -0.497 e. The predicted molar refractivity (Wildman–Crippen MR) is 230 cm³/mol. The molecule has 8 nitrogen and oxygen atoms in total. The highest BCUT2D eigenvalue weighted by Gasteiger charge is 2.74. The molecule has 0 saturated heterocycles. The molecule has 59 heavy (non-hydrogen) atoms. The second-order valence-corrected chi connectivity index (χ2v) is 18.4. The van der Waals surface area contributed by atoms with E-state index in [0.29, 0.717) is 42.0 Å². The molecule has 6 aliphatic rings. The molecule has 8 unspecified atom stereocenters. The largest absolute Gasteiger partial charge is 0.497 e. The molecule has 0 heterocycles. The number of methoxy groups -OCH3 is 2. The van der Waals surface area contributed by atoms with Crippen molar-refractivity contribution >= 4 is 17.5 Å². The third-order valence-corrected chi connectivity index (χ3v) is 15.8. The van der Waals surface area contributed by atoms with Gasteiger partial charge in [-0.3, -0.25) is 4.79 Å². The lowest BCUT2D eigenvalue weighted by atomic mass is 9.32. The highest BCUT2D eigenvalue weighted by molar-refractivity contribution is 6.14. The number of para-hydroxylation sites is 1. The molecule has 3 N–H and O–H groups in total. The first-order valence-corrected chi connectivity index (χ1v) is 21.3. The summed E-state index contributed by atoms with van der Waals surface area (Å²) >= 11 is 0. The van der Waals surface area contributed by atoms with Crippen LogP contribution < -0.4 is 14.8 Å². The number of aliphatic hydroxyl groups is 2. The van der Waals surface area contributed by atoms with Crippen molar-refractivity contribution in [3.8, 4) is 22.6 Å². The Morgan fingerprint density at radius 1 is 0.797 bits per heavy atom. The summed E-state index contributed by atoms with van der Waals surface area (Å²) in [5.41, 5.74) is 1.64. The third-order valence-electron chi connectivity index (χ3n) is 15.8. The van der Waals surface area contributed by atoms with E-state index in [4.69, 9.17) is 9.47 Å². The van der Waals surface area contributed by atoms with Gasteiger partial charge in [-0.2, -0.15) is 0 Å². The fraction of sp³-hybridized carbons (Fsp3) is 0.412. The monoisotopic (exact) mass is 792 g/mol. The van der Waals surface area contributed by atoms with Crippen LogP contribution in [0.4, 0.5) is 10.5 Å². The van der Waals surface area contributed by atoms with Crippen molar-refractivity contribution < 1.29 is 29.3 Å². The highest BCUT2D eigenvalue weighted by atomic mass is 16.5. The summed E-state index contributed by atoms with van der Waals surface area (Å²) in [6.45, 7) is 4.91. The lowest BCUT2D eigenvalue weighted by molar-refractivity contribution is -0.174. The molecule has 8 heteroatoms. The second-order valence-electron chi connectivity index (χ2n) is 18.4. The van der Waals surface area contributed by atoms with E-state index >= 15 is 4.79 Å².